The van der Waals surface area contributed by atoms with Crippen molar-refractivity contribution in [1.29, 1.82) is 0 Å². The van der Waals surface area contributed by atoms with Crippen molar-refractivity contribution in [2.45, 2.75) is 51.6 Å². The molecule has 1 aliphatic rings. The van der Waals surface area contributed by atoms with Crippen LogP contribution in [0, 0.1) is 18.6 Å². The predicted molar refractivity (Wildman–Crippen MR) is 88.5 cm³/mol. The van der Waals surface area contributed by atoms with E-state index in [2.05, 4.69) is 10.4 Å². The van der Waals surface area contributed by atoms with Crippen LogP contribution in [0.1, 0.15) is 43.4 Å². The smallest absolute Gasteiger partial charge is 0.221 e. The molecule has 0 saturated heterocycles. The van der Waals surface area contributed by atoms with Crippen molar-refractivity contribution in [3.8, 4) is 11.6 Å². The normalized spacial score (nSPS) is 15.7. The summed E-state index contributed by atoms with van der Waals surface area (Å²) in [5, 5.41) is 7.95. The van der Waals surface area contributed by atoms with Gasteiger partial charge in [-0.25, -0.2) is 8.78 Å². The molecule has 1 saturated carbocycles. The van der Waals surface area contributed by atoms with Gasteiger partial charge in [-0.1, -0.05) is 19.3 Å². The summed E-state index contributed by atoms with van der Waals surface area (Å²) < 4.78 is 34.1. The van der Waals surface area contributed by atoms with Gasteiger partial charge in [-0.3, -0.25) is 0 Å². The summed E-state index contributed by atoms with van der Waals surface area (Å²) in [6.45, 7) is 2.50. The summed E-state index contributed by atoms with van der Waals surface area (Å²) in [6, 6.07) is 3.95. The number of aromatic nitrogens is 2. The Morgan fingerprint density at radius 2 is 2.00 bits per heavy atom. The minimum Gasteiger partial charge on any atom is -0.481 e. The van der Waals surface area contributed by atoms with Gasteiger partial charge in [-0.2, -0.15) is 9.78 Å². The highest BCUT2D eigenvalue weighted by molar-refractivity contribution is 5.42. The molecule has 1 heterocycles. The minimum absolute atomic E-state index is 0.181. The number of ether oxygens (including phenoxy) is 1. The Hall–Kier alpha value is -1.95. The van der Waals surface area contributed by atoms with E-state index in [1.165, 1.54) is 48.9 Å². The molecule has 130 valence electrons. The van der Waals surface area contributed by atoms with Crippen LogP contribution in [-0.2, 0) is 6.54 Å². The summed E-state index contributed by atoms with van der Waals surface area (Å²) in [5.74, 6) is -0.790. The average Bonchev–Trinajstić information content (AvgIpc) is 2.89. The van der Waals surface area contributed by atoms with Crippen LogP contribution in [0.4, 0.5) is 8.78 Å². The van der Waals surface area contributed by atoms with Crippen molar-refractivity contribution < 1.29 is 13.5 Å². The second-order valence-electron chi connectivity index (χ2n) is 6.30. The Kier molecular flexibility index (Phi) is 5.14. The molecule has 1 aromatic heterocycles. The van der Waals surface area contributed by atoms with E-state index in [0.29, 0.717) is 18.5 Å². The monoisotopic (exact) mass is 335 g/mol. The van der Waals surface area contributed by atoms with Gasteiger partial charge in [0, 0.05) is 18.7 Å². The molecule has 24 heavy (non-hydrogen) atoms. The van der Waals surface area contributed by atoms with Crippen molar-refractivity contribution in [2.24, 2.45) is 0 Å². The van der Waals surface area contributed by atoms with Gasteiger partial charge >= 0.3 is 0 Å². The fraction of sp³-hybridized carbons (Fsp3) is 0.500. The van der Waals surface area contributed by atoms with E-state index in [-0.39, 0.29) is 5.69 Å². The Morgan fingerprint density at radius 3 is 2.67 bits per heavy atom. The summed E-state index contributed by atoms with van der Waals surface area (Å²) in [6.07, 6.45) is 6.19. The largest absolute Gasteiger partial charge is 0.481 e. The van der Waals surface area contributed by atoms with Crippen molar-refractivity contribution in [3.63, 3.8) is 0 Å². The topological polar surface area (TPSA) is 39.1 Å². The molecule has 1 fully saturated rings. The Morgan fingerprint density at radius 1 is 1.25 bits per heavy atom. The van der Waals surface area contributed by atoms with Gasteiger partial charge in [0.05, 0.1) is 18.4 Å². The first kappa shape index (κ1) is 16.9. The second-order valence-corrected chi connectivity index (χ2v) is 6.30. The number of hydrogen-bond donors (Lipinski definition) is 1. The maximum atomic E-state index is 14.1. The molecule has 0 bridgehead atoms. The van der Waals surface area contributed by atoms with Crippen LogP contribution < -0.4 is 10.1 Å². The third-order valence-corrected chi connectivity index (χ3v) is 4.64. The van der Waals surface area contributed by atoms with E-state index in [1.54, 1.807) is 7.11 Å². The van der Waals surface area contributed by atoms with E-state index in [0.717, 1.165) is 17.3 Å². The number of rotatable bonds is 5. The van der Waals surface area contributed by atoms with Gasteiger partial charge in [-0.15, -0.1) is 0 Å². The molecule has 1 aliphatic carbocycles. The Balaban J connectivity index is 1.86. The van der Waals surface area contributed by atoms with Gasteiger partial charge in [-0.05, 0) is 31.9 Å². The zero-order valence-electron chi connectivity index (χ0n) is 14.1. The van der Waals surface area contributed by atoms with Crippen LogP contribution in [-0.4, -0.2) is 22.9 Å². The maximum Gasteiger partial charge on any atom is 0.221 e. The first-order chi connectivity index (χ1) is 11.6. The minimum atomic E-state index is -0.664. The third-order valence-electron chi connectivity index (χ3n) is 4.64. The zero-order chi connectivity index (χ0) is 17.1. The lowest BCUT2D eigenvalue weighted by molar-refractivity contribution is 0.357. The number of nitrogens with one attached hydrogen (secondary N) is 1. The highest BCUT2D eigenvalue weighted by atomic mass is 19.1. The maximum absolute atomic E-state index is 14.1. The molecule has 0 amide bonds. The highest BCUT2D eigenvalue weighted by Gasteiger charge is 2.21. The number of benzene rings is 1. The molecule has 6 heteroatoms. The van der Waals surface area contributed by atoms with E-state index in [1.807, 2.05) is 6.92 Å². The molecule has 0 atom stereocenters. The number of methoxy groups -OCH3 is 1. The lowest BCUT2D eigenvalue weighted by atomic mass is 9.95. The molecule has 1 aromatic carbocycles. The first-order valence-corrected chi connectivity index (χ1v) is 8.41. The number of hydrogen-bond acceptors (Lipinski definition) is 3. The van der Waals surface area contributed by atoms with Crippen molar-refractivity contribution in [1.82, 2.24) is 15.1 Å². The molecule has 0 aliphatic heterocycles. The fourth-order valence-corrected chi connectivity index (χ4v) is 3.32. The van der Waals surface area contributed by atoms with Gasteiger partial charge < -0.3 is 10.1 Å². The number of nitrogens with zero attached hydrogens (tertiary/aromatic N) is 2. The van der Waals surface area contributed by atoms with Crippen LogP contribution in [0.15, 0.2) is 18.2 Å². The molecular weight excluding hydrogens is 312 g/mol. The van der Waals surface area contributed by atoms with Gasteiger partial charge in [0.2, 0.25) is 5.88 Å². The Bertz CT molecular complexity index is 709. The SMILES string of the molecule is COc1c(CNC2CCCCC2)c(C)nn1-c1ccc(F)cc1F. The van der Waals surface area contributed by atoms with Gasteiger partial charge in [0.1, 0.15) is 11.5 Å². The summed E-state index contributed by atoms with van der Waals surface area (Å²) in [5.41, 5.74) is 1.87. The van der Waals surface area contributed by atoms with Crippen molar-refractivity contribution >= 4 is 0 Å². The fourth-order valence-electron chi connectivity index (χ4n) is 3.32. The standard InChI is InChI=1S/C18H23F2N3O/c1-12-15(11-21-14-6-4-3-5-7-14)18(24-2)23(22-12)17-9-8-13(19)10-16(17)20/h8-10,14,21H,3-7,11H2,1-2H3. The molecule has 0 unspecified atom stereocenters. The molecule has 2 aromatic rings. The van der Waals surface area contributed by atoms with E-state index < -0.39 is 11.6 Å². The number of halogens is 2. The van der Waals surface area contributed by atoms with E-state index in [9.17, 15) is 8.78 Å². The lowest BCUT2D eigenvalue weighted by Crippen LogP contribution is -2.30. The van der Waals surface area contributed by atoms with Crippen molar-refractivity contribution in [3.05, 3.63) is 41.1 Å². The summed E-state index contributed by atoms with van der Waals surface area (Å²) >= 11 is 0. The Labute approximate surface area is 140 Å². The lowest BCUT2D eigenvalue weighted by Gasteiger charge is -2.22. The van der Waals surface area contributed by atoms with Crippen LogP contribution in [0.3, 0.4) is 0 Å². The molecule has 0 radical (unpaired) electrons. The average molecular weight is 335 g/mol. The predicted octanol–water partition coefficient (Wildman–Crippen LogP) is 3.89. The van der Waals surface area contributed by atoms with Crippen LogP contribution in [0.25, 0.3) is 5.69 Å². The molecule has 0 spiro atoms. The van der Waals surface area contributed by atoms with Crippen LogP contribution >= 0.6 is 0 Å². The van der Waals surface area contributed by atoms with E-state index in [4.69, 9.17) is 4.74 Å². The molecule has 1 N–H and O–H groups in total. The second kappa shape index (κ2) is 7.30. The van der Waals surface area contributed by atoms with E-state index >= 15 is 0 Å². The third kappa shape index (κ3) is 3.43. The molecule has 4 nitrogen and oxygen atoms in total. The van der Waals surface area contributed by atoms with Gasteiger partial charge in [0.25, 0.3) is 0 Å². The van der Waals surface area contributed by atoms with Crippen molar-refractivity contribution in [2.75, 3.05) is 7.11 Å². The molecule has 3 rings (SSSR count). The zero-order valence-corrected chi connectivity index (χ0v) is 14.1. The highest BCUT2D eigenvalue weighted by Crippen LogP contribution is 2.28. The molecular formula is C18H23F2N3O. The van der Waals surface area contributed by atoms with Crippen LogP contribution in [0.2, 0.25) is 0 Å². The number of aryl methyl sites for hydroxylation is 1. The van der Waals surface area contributed by atoms with Gasteiger partial charge in [0.15, 0.2) is 5.82 Å². The van der Waals surface area contributed by atoms with Crippen LogP contribution in [0.5, 0.6) is 5.88 Å². The quantitative estimate of drug-likeness (QED) is 0.901. The first-order valence-electron chi connectivity index (χ1n) is 8.41. The summed E-state index contributed by atoms with van der Waals surface area (Å²) in [4.78, 5) is 0. The summed E-state index contributed by atoms with van der Waals surface area (Å²) in [7, 11) is 1.54.